The van der Waals surface area contributed by atoms with E-state index >= 15 is 0 Å². The quantitative estimate of drug-likeness (QED) is 0.745. The van der Waals surface area contributed by atoms with Crippen LogP contribution in [0.5, 0.6) is 5.75 Å². The number of carbonyl (C=O) groups is 2. The average Bonchev–Trinajstić information content (AvgIpc) is 2.93. The average molecular weight is 325 g/mol. The third kappa shape index (κ3) is 2.56. The topological polar surface area (TPSA) is 107 Å². The van der Waals surface area contributed by atoms with E-state index in [1.54, 1.807) is 16.7 Å². The number of hydrogen-bond acceptors (Lipinski definition) is 4. The molecule has 0 atom stereocenters. The second-order valence-electron chi connectivity index (χ2n) is 5.19. The van der Waals surface area contributed by atoms with Gasteiger partial charge < -0.3 is 20.1 Å². The van der Waals surface area contributed by atoms with E-state index in [1.807, 2.05) is 30.3 Å². The summed E-state index contributed by atoms with van der Waals surface area (Å²) in [4.78, 5) is 27.5. The number of carboxylic acid groups (broad SMARTS) is 1. The van der Waals surface area contributed by atoms with Crippen LogP contribution < -0.4 is 10.5 Å². The van der Waals surface area contributed by atoms with Crippen LogP contribution in [0.4, 0.5) is 0 Å². The molecular weight excluding hydrogens is 310 g/mol. The molecule has 0 aliphatic rings. The van der Waals surface area contributed by atoms with Crippen LogP contribution in [0.25, 0.3) is 11.0 Å². The molecule has 24 heavy (non-hydrogen) atoms. The van der Waals surface area contributed by atoms with E-state index in [4.69, 9.17) is 10.5 Å². The molecule has 0 spiro atoms. The summed E-state index contributed by atoms with van der Waals surface area (Å²) in [6.45, 7) is 0.348. The maximum absolute atomic E-state index is 11.8. The number of carboxylic acids is 1. The molecule has 3 N–H and O–H groups in total. The maximum Gasteiger partial charge on any atom is 0.341 e. The Bertz CT molecular complexity index is 932. The lowest BCUT2D eigenvalue weighted by atomic mass is 10.1. The van der Waals surface area contributed by atoms with Gasteiger partial charge in [0.2, 0.25) is 0 Å². The Kier molecular flexibility index (Phi) is 3.91. The van der Waals surface area contributed by atoms with Gasteiger partial charge in [0.15, 0.2) is 5.82 Å². The van der Waals surface area contributed by atoms with Crippen LogP contribution in [-0.4, -0.2) is 33.6 Å². The van der Waals surface area contributed by atoms with Gasteiger partial charge in [-0.2, -0.15) is 0 Å². The second-order valence-corrected chi connectivity index (χ2v) is 5.19. The molecule has 1 heterocycles. The maximum atomic E-state index is 11.8. The van der Waals surface area contributed by atoms with Crippen molar-refractivity contribution in [2.75, 3.05) is 7.11 Å². The molecule has 0 unspecified atom stereocenters. The molecule has 1 amide bonds. The van der Waals surface area contributed by atoms with Gasteiger partial charge in [-0.15, -0.1) is 0 Å². The lowest BCUT2D eigenvalue weighted by Crippen LogP contribution is -2.18. The van der Waals surface area contributed by atoms with E-state index in [1.165, 1.54) is 7.11 Å². The fourth-order valence-corrected chi connectivity index (χ4v) is 2.66. The highest BCUT2D eigenvalue weighted by atomic mass is 16.5. The highest BCUT2D eigenvalue weighted by Gasteiger charge is 2.23. The van der Waals surface area contributed by atoms with Gasteiger partial charge in [0.05, 0.1) is 12.6 Å². The SMILES string of the molecule is COc1ccc2c(nc(C(N)=O)n2Cc2ccccc2)c1C(=O)O. The van der Waals surface area contributed by atoms with Crippen molar-refractivity contribution >= 4 is 22.9 Å². The standard InChI is InChI=1S/C17H15N3O4/c1-24-12-8-7-11-14(13(12)17(22)23)19-16(15(18)21)20(11)9-10-5-3-2-4-6-10/h2-8H,9H2,1H3,(H2,18,21)(H,22,23). The zero-order valence-electron chi connectivity index (χ0n) is 12.9. The van der Waals surface area contributed by atoms with E-state index in [0.29, 0.717) is 12.1 Å². The first-order chi connectivity index (χ1) is 11.5. The number of methoxy groups -OCH3 is 1. The Hall–Kier alpha value is -3.35. The van der Waals surface area contributed by atoms with Crippen LogP contribution in [0, 0.1) is 0 Å². The zero-order valence-corrected chi connectivity index (χ0v) is 12.9. The number of hydrogen-bond donors (Lipinski definition) is 2. The van der Waals surface area contributed by atoms with Gasteiger partial charge in [-0.05, 0) is 17.7 Å². The van der Waals surface area contributed by atoms with Crippen molar-refractivity contribution in [3.63, 3.8) is 0 Å². The van der Waals surface area contributed by atoms with E-state index in [2.05, 4.69) is 4.98 Å². The molecule has 2 aromatic carbocycles. The first-order valence-electron chi connectivity index (χ1n) is 7.17. The molecule has 0 saturated heterocycles. The summed E-state index contributed by atoms with van der Waals surface area (Å²) in [5.41, 5.74) is 6.95. The van der Waals surface area contributed by atoms with Crippen LogP contribution in [0.2, 0.25) is 0 Å². The van der Waals surface area contributed by atoms with Gasteiger partial charge in [0, 0.05) is 6.54 Å². The van der Waals surface area contributed by atoms with E-state index < -0.39 is 11.9 Å². The minimum atomic E-state index is -1.18. The van der Waals surface area contributed by atoms with E-state index in [-0.39, 0.29) is 22.7 Å². The summed E-state index contributed by atoms with van der Waals surface area (Å²) < 4.78 is 6.71. The molecular formula is C17H15N3O4. The molecule has 7 nitrogen and oxygen atoms in total. The number of ether oxygens (including phenoxy) is 1. The van der Waals surface area contributed by atoms with Crippen LogP contribution in [0.15, 0.2) is 42.5 Å². The van der Waals surface area contributed by atoms with Crippen molar-refractivity contribution in [3.05, 3.63) is 59.4 Å². The molecule has 3 aromatic rings. The first kappa shape index (κ1) is 15.5. The van der Waals surface area contributed by atoms with Gasteiger partial charge in [-0.3, -0.25) is 4.79 Å². The molecule has 1 aromatic heterocycles. The monoisotopic (exact) mass is 325 g/mol. The smallest absolute Gasteiger partial charge is 0.341 e. The highest BCUT2D eigenvalue weighted by molar-refractivity contribution is 6.05. The summed E-state index contributed by atoms with van der Waals surface area (Å²) in [5.74, 6) is -1.73. The molecule has 0 radical (unpaired) electrons. The number of nitrogens with two attached hydrogens (primary N) is 1. The number of nitrogens with zero attached hydrogens (tertiary/aromatic N) is 2. The molecule has 0 aliphatic heterocycles. The normalized spacial score (nSPS) is 10.7. The van der Waals surface area contributed by atoms with Gasteiger partial charge in [-0.1, -0.05) is 30.3 Å². The predicted molar refractivity (Wildman–Crippen MR) is 87.3 cm³/mol. The first-order valence-corrected chi connectivity index (χ1v) is 7.17. The third-order valence-electron chi connectivity index (χ3n) is 3.72. The number of aromatic nitrogens is 2. The molecule has 7 heteroatoms. The Morgan fingerprint density at radius 2 is 1.92 bits per heavy atom. The Labute approximate surface area is 137 Å². The number of aromatic carboxylic acids is 1. The fraction of sp³-hybridized carbons (Fsp3) is 0.118. The lowest BCUT2D eigenvalue weighted by Gasteiger charge is -2.09. The van der Waals surface area contributed by atoms with E-state index in [0.717, 1.165) is 5.56 Å². The van der Waals surface area contributed by atoms with E-state index in [9.17, 15) is 14.7 Å². The van der Waals surface area contributed by atoms with Crippen molar-refractivity contribution in [1.29, 1.82) is 0 Å². The predicted octanol–water partition coefficient (Wildman–Crippen LogP) is 1.89. The molecule has 3 rings (SSSR count). The zero-order chi connectivity index (χ0) is 17.3. The van der Waals surface area contributed by atoms with Crippen molar-refractivity contribution < 1.29 is 19.4 Å². The van der Waals surface area contributed by atoms with Crippen LogP contribution in [0.1, 0.15) is 26.5 Å². The molecule has 0 aliphatic carbocycles. The van der Waals surface area contributed by atoms with Crippen molar-refractivity contribution in [2.45, 2.75) is 6.54 Å². The number of benzene rings is 2. The van der Waals surface area contributed by atoms with Crippen LogP contribution >= 0.6 is 0 Å². The lowest BCUT2D eigenvalue weighted by molar-refractivity contribution is 0.0695. The molecule has 122 valence electrons. The summed E-state index contributed by atoms with van der Waals surface area (Å²) in [6.07, 6.45) is 0. The Morgan fingerprint density at radius 3 is 2.50 bits per heavy atom. The van der Waals surface area contributed by atoms with Gasteiger partial charge in [0.1, 0.15) is 16.8 Å². The van der Waals surface area contributed by atoms with Crippen LogP contribution in [0.3, 0.4) is 0 Å². The number of rotatable bonds is 5. The van der Waals surface area contributed by atoms with Crippen molar-refractivity contribution in [1.82, 2.24) is 9.55 Å². The summed E-state index contributed by atoms with van der Waals surface area (Å²) in [6, 6.07) is 12.7. The number of fused-ring (bicyclic) bond motifs is 1. The second kappa shape index (κ2) is 6.04. The fourth-order valence-electron chi connectivity index (χ4n) is 2.66. The van der Waals surface area contributed by atoms with Crippen molar-refractivity contribution in [2.24, 2.45) is 5.73 Å². The third-order valence-corrected chi connectivity index (χ3v) is 3.72. The number of imidazole rings is 1. The summed E-state index contributed by atoms with van der Waals surface area (Å²) >= 11 is 0. The van der Waals surface area contributed by atoms with Gasteiger partial charge in [0.25, 0.3) is 5.91 Å². The van der Waals surface area contributed by atoms with Gasteiger partial charge >= 0.3 is 5.97 Å². The summed E-state index contributed by atoms with van der Waals surface area (Å²) in [7, 11) is 1.38. The number of primary amides is 1. The number of carbonyl (C=O) groups excluding carboxylic acids is 1. The largest absolute Gasteiger partial charge is 0.496 e. The molecule has 0 fully saturated rings. The van der Waals surface area contributed by atoms with Gasteiger partial charge in [-0.25, -0.2) is 9.78 Å². The Balaban J connectivity index is 2.27. The number of amides is 1. The Morgan fingerprint density at radius 1 is 1.21 bits per heavy atom. The van der Waals surface area contributed by atoms with Crippen molar-refractivity contribution in [3.8, 4) is 5.75 Å². The van der Waals surface area contributed by atoms with Crippen LogP contribution in [-0.2, 0) is 6.54 Å². The molecule has 0 saturated carbocycles. The highest BCUT2D eigenvalue weighted by Crippen LogP contribution is 2.29. The minimum Gasteiger partial charge on any atom is -0.496 e. The molecule has 0 bridgehead atoms. The summed E-state index contributed by atoms with van der Waals surface area (Å²) in [5, 5.41) is 9.48. The minimum absolute atomic E-state index is 0.00426.